The summed E-state index contributed by atoms with van der Waals surface area (Å²) < 4.78 is 28.4. The molecule has 1 fully saturated rings. The van der Waals surface area contributed by atoms with Gasteiger partial charge in [-0.3, -0.25) is 4.79 Å². The summed E-state index contributed by atoms with van der Waals surface area (Å²) in [5.41, 5.74) is 1.70. The Kier molecular flexibility index (Phi) is 4.84. The monoisotopic (exact) mass is 416 g/mol. The van der Waals surface area contributed by atoms with E-state index in [1.54, 1.807) is 25.2 Å². The fourth-order valence-electron chi connectivity index (χ4n) is 3.42. The number of primary sulfonamides is 1. The lowest BCUT2D eigenvalue weighted by Gasteiger charge is -2.24. The molecule has 4 rings (SSSR count). The van der Waals surface area contributed by atoms with Crippen molar-refractivity contribution in [1.29, 1.82) is 0 Å². The van der Waals surface area contributed by atoms with Gasteiger partial charge in [-0.1, -0.05) is 0 Å². The lowest BCUT2D eigenvalue weighted by Crippen LogP contribution is -2.42. The largest absolute Gasteiger partial charge is 0.459 e. The Labute approximate surface area is 167 Å². The number of amides is 1. The van der Waals surface area contributed by atoms with Gasteiger partial charge in [0, 0.05) is 25.3 Å². The SMILES string of the molecule is CNC(=O)C1CCCN1c1nc(Nc2ccc(S(N)(=O)=O)cc2)nc2ccoc12. The number of hydrogen-bond donors (Lipinski definition) is 3. The zero-order valence-corrected chi connectivity index (χ0v) is 16.4. The summed E-state index contributed by atoms with van der Waals surface area (Å²) in [7, 11) is -2.15. The van der Waals surface area contributed by atoms with Crippen molar-refractivity contribution in [2.75, 3.05) is 23.8 Å². The first-order valence-corrected chi connectivity index (χ1v) is 10.5. The zero-order chi connectivity index (χ0) is 20.6. The first-order chi connectivity index (χ1) is 13.9. The number of likely N-dealkylation sites (N-methyl/N-ethyl adjacent to an activating group) is 1. The van der Waals surface area contributed by atoms with Crippen LogP contribution in [0.5, 0.6) is 0 Å². The molecule has 4 N–H and O–H groups in total. The highest BCUT2D eigenvalue weighted by Crippen LogP contribution is 2.32. The molecule has 3 aromatic rings. The van der Waals surface area contributed by atoms with Crippen LogP contribution in [0.2, 0.25) is 0 Å². The molecule has 1 amide bonds. The number of nitrogens with two attached hydrogens (primary N) is 1. The third kappa shape index (κ3) is 3.74. The van der Waals surface area contributed by atoms with E-state index in [0.717, 1.165) is 12.8 Å². The molecule has 0 spiro atoms. The van der Waals surface area contributed by atoms with Crippen LogP contribution in [0.4, 0.5) is 17.5 Å². The number of fused-ring (bicyclic) bond motifs is 1. The Bertz CT molecular complexity index is 1160. The van der Waals surface area contributed by atoms with Gasteiger partial charge in [0.15, 0.2) is 11.4 Å². The molecule has 11 heteroatoms. The van der Waals surface area contributed by atoms with Crippen LogP contribution in [0.25, 0.3) is 11.1 Å². The Balaban J connectivity index is 1.69. The van der Waals surface area contributed by atoms with Crippen molar-refractivity contribution in [3.8, 4) is 0 Å². The predicted molar refractivity (Wildman–Crippen MR) is 107 cm³/mol. The Hall–Kier alpha value is -3.18. The number of rotatable bonds is 5. The molecule has 0 aliphatic carbocycles. The van der Waals surface area contributed by atoms with Crippen LogP contribution in [0.3, 0.4) is 0 Å². The third-order valence-electron chi connectivity index (χ3n) is 4.80. The van der Waals surface area contributed by atoms with Crippen LogP contribution in [-0.4, -0.2) is 43.9 Å². The highest BCUT2D eigenvalue weighted by atomic mass is 32.2. The topological polar surface area (TPSA) is 143 Å². The number of carbonyl (C=O) groups excluding carboxylic acids is 1. The minimum Gasteiger partial charge on any atom is -0.459 e. The molecule has 29 heavy (non-hydrogen) atoms. The predicted octanol–water partition coefficient (Wildman–Crippen LogP) is 1.33. The molecule has 1 saturated heterocycles. The summed E-state index contributed by atoms with van der Waals surface area (Å²) in [6.07, 6.45) is 3.12. The van der Waals surface area contributed by atoms with Gasteiger partial charge in [-0.15, -0.1) is 0 Å². The van der Waals surface area contributed by atoms with E-state index in [1.807, 2.05) is 4.90 Å². The Morgan fingerprint density at radius 1 is 1.24 bits per heavy atom. The fourth-order valence-corrected chi connectivity index (χ4v) is 3.93. The summed E-state index contributed by atoms with van der Waals surface area (Å²) >= 11 is 0. The molecule has 1 aromatic carbocycles. The standard InChI is InChI=1S/C18H20N6O4S/c1-20-17(25)14-3-2-9-24(14)16-15-13(8-10-28-15)22-18(23-16)21-11-4-6-12(7-5-11)29(19,26)27/h4-8,10,14H,2-3,9H2,1H3,(H,20,25)(H2,19,26,27)(H,21,22,23). The molecule has 1 aliphatic heterocycles. The van der Waals surface area contributed by atoms with Crippen molar-refractivity contribution in [3.63, 3.8) is 0 Å². The summed E-state index contributed by atoms with van der Waals surface area (Å²) in [5.74, 6) is 0.767. The lowest BCUT2D eigenvalue weighted by atomic mass is 10.2. The van der Waals surface area contributed by atoms with Crippen molar-refractivity contribution in [3.05, 3.63) is 36.6 Å². The molecule has 10 nitrogen and oxygen atoms in total. The van der Waals surface area contributed by atoms with Gasteiger partial charge >= 0.3 is 0 Å². The third-order valence-corrected chi connectivity index (χ3v) is 5.73. The van der Waals surface area contributed by atoms with Crippen LogP contribution in [0.15, 0.2) is 45.9 Å². The lowest BCUT2D eigenvalue weighted by molar-refractivity contribution is -0.121. The van der Waals surface area contributed by atoms with Gasteiger partial charge in [0.1, 0.15) is 11.6 Å². The van der Waals surface area contributed by atoms with Crippen LogP contribution < -0.4 is 20.7 Å². The van der Waals surface area contributed by atoms with E-state index in [0.29, 0.717) is 35.1 Å². The number of anilines is 3. The number of nitrogens with zero attached hydrogens (tertiary/aromatic N) is 3. The molecule has 3 heterocycles. The van der Waals surface area contributed by atoms with Crippen LogP contribution >= 0.6 is 0 Å². The Morgan fingerprint density at radius 3 is 2.69 bits per heavy atom. The summed E-state index contributed by atoms with van der Waals surface area (Å²) in [6.45, 7) is 0.674. The number of furan rings is 1. The maximum atomic E-state index is 12.3. The van der Waals surface area contributed by atoms with Crippen molar-refractivity contribution < 1.29 is 17.6 Å². The van der Waals surface area contributed by atoms with E-state index < -0.39 is 10.0 Å². The molecule has 1 aliphatic rings. The first kappa shape index (κ1) is 19.2. The first-order valence-electron chi connectivity index (χ1n) is 9.00. The van der Waals surface area contributed by atoms with Crippen molar-refractivity contribution >= 4 is 44.5 Å². The van der Waals surface area contributed by atoms with Crippen molar-refractivity contribution in [1.82, 2.24) is 15.3 Å². The normalized spacial score (nSPS) is 16.9. The molecule has 0 radical (unpaired) electrons. The van der Waals surface area contributed by atoms with E-state index in [1.165, 1.54) is 18.4 Å². The fraction of sp³-hybridized carbons (Fsp3) is 0.278. The second-order valence-electron chi connectivity index (χ2n) is 6.67. The summed E-state index contributed by atoms with van der Waals surface area (Å²) in [6, 6.07) is 7.34. The molecule has 0 saturated carbocycles. The van der Waals surface area contributed by atoms with Crippen molar-refractivity contribution in [2.45, 2.75) is 23.8 Å². The summed E-state index contributed by atoms with van der Waals surface area (Å²) in [4.78, 5) is 23.2. The van der Waals surface area contributed by atoms with Crippen LogP contribution in [0.1, 0.15) is 12.8 Å². The number of benzene rings is 1. The van der Waals surface area contributed by atoms with E-state index >= 15 is 0 Å². The summed E-state index contributed by atoms with van der Waals surface area (Å²) in [5, 5.41) is 10.9. The van der Waals surface area contributed by atoms with Crippen LogP contribution in [-0.2, 0) is 14.8 Å². The van der Waals surface area contributed by atoms with Gasteiger partial charge in [-0.2, -0.15) is 4.98 Å². The number of sulfonamides is 1. The number of hydrogen-bond acceptors (Lipinski definition) is 8. The van der Waals surface area contributed by atoms with Crippen molar-refractivity contribution in [2.24, 2.45) is 5.14 Å². The van der Waals surface area contributed by atoms with Gasteiger partial charge < -0.3 is 20.0 Å². The molecule has 1 unspecified atom stereocenters. The van der Waals surface area contributed by atoms with Gasteiger partial charge in [-0.25, -0.2) is 18.5 Å². The van der Waals surface area contributed by atoms with Gasteiger partial charge in [0.2, 0.25) is 21.9 Å². The number of carbonyl (C=O) groups is 1. The quantitative estimate of drug-likeness (QED) is 0.565. The smallest absolute Gasteiger partial charge is 0.242 e. The molecular weight excluding hydrogens is 396 g/mol. The number of aromatic nitrogens is 2. The van der Waals surface area contributed by atoms with Gasteiger partial charge in [0.05, 0.1) is 11.2 Å². The second kappa shape index (κ2) is 7.33. The molecule has 152 valence electrons. The number of nitrogens with one attached hydrogen (secondary N) is 2. The van der Waals surface area contributed by atoms with Crippen LogP contribution in [0, 0.1) is 0 Å². The van der Waals surface area contributed by atoms with E-state index in [9.17, 15) is 13.2 Å². The maximum Gasteiger partial charge on any atom is 0.242 e. The minimum atomic E-state index is -3.76. The molecule has 0 bridgehead atoms. The molecular formula is C18H20N6O4S. The molecule has 2 aromatic heterocycles. The average Bonchev–Trinajstić information content (AvgIpc) is 3.36. The van der Waals surface area contributed by atoms with Gasteiger partial charge in [0.25, 0.3) is 0 Å². The highest BCUT2D eigenvalue weighted by Gasteiger charge is 2.33. The second-order valence-corrected chi connectivity index (χ2v) is 8.23. The highest BCUT2D eigenvalue weighted by molar-refractivity contribution is 7.89. The maximum absolute atomic E-state index is 12.3. The van der Waals surface area contributed by atoms with E-state index in [2.05, 4.69) is 20.6 Å². The van der Waals surface area contributed by atoms with E-state index in [-0.39, 0.29) is 16.8 Å². The van der Waals surface area contributed by atoms with Gasteiger partial charge in [-0.05, 0) is 37.1 Å². The Morgan fingerprint density at radius 2 is 2.00 bits per heavy atom. The zero-order valence-electron chi connectivity index (χ0n) is 15.6. The average molecular weight is 416 g/mol. The minimum absolute atomic E-state index is 0.0143. The van der Waals surface area contributed by atoms with E-state index in [4.69, 9.17) is 9.56 Å². The molecule has 1 atom stereocenters.